The molecule has 1 heterocycles. The molecule has 1 amide bonds. The number of halogens is 3. The Morgan fingerprint density at radius 2 is 2.05 bits per heavy atom. The van der Waals surface area contributed by atoms with Crippen molar-refractivity contribution in [3.8, 4) is 0 Å². The summed E-state index contributed by atoms with van der Waals surface area (Å²) in [5, 5.41) is 1.10. The molecular weight excluding hydrogens is 317 g/mol. The third-order valence-electron chi connectivity index (χ3n) is 3.68. The highest BCUT2D eigenvalue weighted by molar-refractivity contribution is 6.42. The fraction of sp³-hybridized carbons (Fsp3) is 0.533. The summed E-state index contributed by atoms with van der Waals surface area (Å²) >= 11 is 17.7. The van der Waals surface area contributed by atoms with Crippen molar-refractivity contribution in [3.05, 3.63) is 33.8 Å². The fourth-order valence-electron chi connectivity index (χ4n) is 2.65. The minimum absolute atomic E-state index is 0.133. The molecule has 20 heavy (non-hydrogen) atoms. The standard InChI is InChI=1S/C15H18Cl3NO/c16-8-2-1-5-15(20)19-9-3-4-14(19)11-6-7-12(17)13(18)10-11/h6-7,10,14H,1-5,8-9H2. The van der Waals surface area contributed by atoms with Crippen LogP contribution < -0.4 is 0 Å². The molecule has 1 fully saturated rings. The van der Waals surface area contributed by atoms with Gasteiger partial charge in [-0.1, -0.05) is 29.3 Å². The van der Waals surface area contributed by atoms with Gasteiger partial charge in [0, 0.05) is 18.8 Å². The second-order valence-electron chi connectivity index (χ2n) is 5.06. The molecule has 110 valence electrons. The summed E-state index contributed by atoms with van der Waals surface area (Å²) in [7, 11) is 0. The van der Waals surface area contributed by atoms with Gasteiger partial charge < -0.3 is 4.90 Å². The van der Waals surface area contributed by atoms with Crippen LogP contribution in [0.15, 0.2) is 18.2 Å². The summed E-state index contributed by atoms with van der Waals surface area (Å²) in [6.07, 6.45) is 4.33. The number of carbonyl (C=O) groups excluding carboxylic acids is 1. The number of nitrogens with zero attached hydrogens (tertiary/aromatic N) is 1. The highest BCUT2D eigenvalue weighted by atomic mass is 35.5. The summed E-state index contributed by atoms with van der Waals surface area (Å²) in [4.78, 5) is 14.2. The lowest BCUT2D eigenvalue weighted by Gasteiger charge is -2.25. The van der Waals surface area contributed by atoms with E-state index in [0.29, 0.717) is 22.3 Å². The normalized spacial score (nSPS) is 18.6. The number of rotatable bonds is 5. The molecule has 1 aromatic carbocycles. The number of hydrogen-bond donors (Lipinski definition) is 0. The Morgan fingerprint density at radius 1 is 1.25 bits per heavy atom. The average Bonchev–Trinajstić information content (AvgIpc) is 2.91. The van der Waals surface area contributed by atoms with Crippen LogP contribution in [0.5, 0.6) is 0 Å². The number of likely N-dealkylation sites (tertiary alicyclic amines) is 1. The molecule has 0 radical (unpaired) electrons. The number of unbranched alkanes of at least 4 members (excludes halogenated alkanes) is 1. The number of benzene rings is 1. The first-order valence-electron chi connectivity index (χ1n) is 6.94. The highest BCUT2D eigenvalue weighted by Gasteiger charge is 2.29. The van der Waals surface area contributed by atoms with Gasteiger partial charge >= 0.3 is 0 Å². The Balaban J connectivity index is 2.06. The van der Waals surface area contributed by atoms with Gasteiger partial charge in [0.2, 0.25) is 5.91 Å². The third kappa shape index (κ3) is 3.81. The van der Waals surface area contributed by atoms with Crippen molar-refractivity contribution < 1.29 is 4.79 Å². The van der Waals surface area contributed by atoms with Crippen molar-refractivity contribution in [1.29, 1.82) is 0 Å². The molecule has 1 aliphatic rings. The van der Waals surface area contributed by atoms with Gasteiger partial charge in [0.05, 0.1) is 16.1 Å². The zero-order valence-corrected chi connectivity index (χ0v) is 13.5. The van der Waals surface area contributed by atoms with Gasteiger partial charge in [-0.2, -0.15) is 0 Å². The van der Waals surface area contributed by atoms with Crippen LogP contribution in [0, 0.1) is 0 Å². The van der Waals surface area contributed by atoms with Crippen molar-refractivity contribution in [2.45, 2.75) is 38.1 Å². The first-order chi connectivity index (χ1) is 9.63. The van der Waals surface area contributed by atoms with Crippen LogP contribution in [0.2, 0.25) is 10.0 Å². The predicted molar refractivity (Wildman–Crippen MR) is 84.7 cm³/mol. The molecule has 0 saturated carbocycles. The highest BCUT2D eigenvalue weighted by Crippen LogP contribution is 2.35. The van der Waals surface area contributed by atoms with Crippen molar-refractivity contribution >= 4 is 40.7 Å². The monoisotopic (exact) mass is 333 g/mol. The summed E-state index contributed by atoms with van der Waals surface area (Å²) < 4.78 is 0. The fourth-order valence-corrected chi connectivity index (χ4v) is 3.14. The molecule has 0 aliphatic carbocycles. The second kappa shape index (κ2) is 7.53. The van der Waals surface area contributed by atoms with Gasteiger partial charge in [-0.15, -0.1) is 11.6 Å². The smallest absolute Gasteiger partial charge is 0.223 e. The maximum absolute atomic E-state index is 12.3. The topological polar surface area (TPSA) is 20.3 Å². The quantitative estimate of drug-likeness (QED) is 0.544. The first-order valence-corrected chi connectivity index (χ1v) is 8.23. The Hall–Kier alpha value is -0.440. The lowest BCUT2D eigenvalue weighted by Crippen LogP contribution is -2.30. The van der Waals surface area contributed by atoms with Crippen LogP contribution in [-0.4, -0.2) is 23.2 Å². The van der Waals surface area contributed by atoms with E-state index in [1.807, 2.05) is 17.0 Å². The molecule has 0 spiro atoms. The lowest BCUT2D eigenvalue weighted by atomic mass is 10.0. The Kier molecular flexibility index (Phi) is 6.01. The van der Waals surface area contributed by atoms with E-state index >= 15 is 0 Å². The number of hydrogen-bond acceptors (Lipinski definition) is 1. The van der Waals surface area contributed by atoms with Gasteiger partial charge in [0.25, 0.3) is 0 Å². The van der Waals surface area contributed by atoms with Crippen molar-refractivity contribution in [3.63, 3.8) is 0 Å². The van der Waals surface area contributed by atoms with Crippen LogP contribution >= 0.6 is 34.8 Å². The van der Waals surface area contributed by atoms with Crippen molar-refractivity contribution in [1.82, 2.24) is 4.90 Å². The van der Waals surface area contributed by atoms with Crippen molar-refractivity contribution in [2.24, 2.45) is 0 Å². The van der Waals surface area contributed by atoms with Gasteiger partial charge in [0.1, 0.15) is 0 Å². The van der Waals surface area contributed by atoms with E-state index in [1.54, 1.807) is 6.07 Å². The molecule has 5 heteroatoms. The maximum Gasteiger partial charge on any atom is 0.223 e. The lowest BCUT2D eigenvalue weighted by molar-refractivity contribution is -0.132. The molecule has 1 saturated heterocycles. The number of alkyl halides is 1. The van der Waals surface area contributed by atoms with E-state index in [4.69, 9.17) is 34.8 Å². The molecule has 0 bridgehead atoms. The number of amides is 1. The molecule has 1 aliphatic heterocycles. The van der Waals surface area contributed by atoms with Crippen LogP contribution in [-0.2, 0) is 4.79 Å². The summed E-state index contributed by atoms with van der Waals surface area (Å²) in [5.41, 5.74) is 1.07. The van der Waals surface area contributed by atoms with E-state index in [-0.39, 0.29) is 11.9 Å². The van der Waals surface area contributed by atoms with Crippen LogP contribution in [0.1, 0.15) is 43.7 Å². The Labute approximate surface area is 135 Å². The van der Waals surface area contributed by atoms with E-state index in [2.05, 4.69) is 0 Å². The molecular formula is C15H18Cl3NO. The minimum Gasteiger partial charge on any atom is -0.336 e. The summed E-state index contributed by atoms with van der Waals surface area (Å²) in [6.45, 7) is 0.824. The van der Waals surface area contributed by atoms with Gasteiger partial charge in [0.15, 0.2) is 0 Å². The van der Waals surface area contributed by atoms with E-state index in [1.165, 1.54) is 0 Å². The minimum atomic E-state index is 0.133. The van der Waals surface area contributed by atoms with Gasteiger partial charge in [-0.3, -0.25) is 4.79 Å². The molecule has 1 aromatic rings. The Morgan fingerprint density at radius 3 is 2.75 bits per heavy atom. The molecule has 0 aromatic heterocycles. The zero-order valence-electron chi connectivity index (χ0n) is 11.2. The maximum atomic E-state index is 12.3. The molecule has 1 atom stereocenters. The van der Waals surface area contributed by atoms with Crippen molar-refractivity contribution in [2.75, 3.05) is 12.4 Å². The van der Waals surface area contributed by atoms with E-state index in [0.717, 1.165) is 37.8 Å². The largest absolute Gasteiger partial charge is 0.336 e. The van der Waals surface area contributed by atoms with Crippen LogP contribution in [0.25, 0.3) is 0 Å². The van der Waals surface area contributed by atoms with Gasteiger partial charge in [-0.05, 0) is 43.4 Å². The molecule has 2 nitrogen and oxygen atoms in total. The second-order valence-corrected chi connectivity index (χ2v) is 6.26. The Bertz CT molecular complexity index is 478. The number of carbonyl (C=O) groups is 1. The average molecular weight is 335 g/mol. The van der Waals surface area contributed by atoms with Crippen LogP contribution in [0.3, 0.4) is 0 Å². The van der Waals surface area contributed by atoms with E-state index in [9.17, 15) is 4.79 Å². The van der Waals surface area contributed by atoms with Crippen LogP contribution in [0.4, 0.5) is 0 Å². The zero-order chi connectivity index (χ0) is 14.5. The SMILES string of the molecule is O=C(CCCCCl)N1CCCC1c1ccc(Cl)c(Cl)c1. The first kappa shape index (κ1) is 15.9. The molecule has 0 N–H and O–H groups in total. The summed E-state index contributed by atoms with van der Waals surface area (Å²) in [6, 6.07) is 5.77. The van der Waals surface area contributed by atoms with E-state index < -0.39 is 0 Å². The third-order valence-corrected chi connectivity index (χ3v) is 4.68. The molecule has 2 rings (SSSR count). The predicted octanol–water partition coefficient (Wildman–Crippen LogP) is 5.07. The van der Waals surface area contributed by atoms with Gasteiger partial charge in [-0.25, -0.2) is 0 Å². The summed E-state index contributed by atoms with van der Waals surface area (Å²) in [5.74, 6) is 0.826. The molecule has 1 unspecified atom stereocenters.